The van der Waals surface area contributed by atoms with Crippen LogP contribution in [0.3, 0.4) is 0 Å². The van der Waals surface area contributed by atoms with Gasteiger partial charge in [-0.3, -0.25) is 0 Å². The number of hydrogen-bond donors (Lipinski definition) is 2. The van der Waals surface area contributed by atoms with Crippen LogP contribution in [-0.4, -0.2) is 29.1 Å². The van der Waals surface area contributed by atoms with E-state index >= 15 is 0 Å². The van der Waals surface area contributed by atoms with Gasteiger partial charge in [0.25, 0.3) is 0 Å². The Bertz CT molecular complexity index is 701. The molecule has 2 fully saturated rings. The molecule has 2 heterocycles. The zero-order valence-electron chi connectivity index (χ0n) is 16.2. The molecular formula is C22H31N5. The minimum absolute atomic E-state index is 0.506. The molecule has 5 heteroatoms. The lowest BCUT2D eigenvalue weighted by Gasteiger charge is -2.28. The quantitative estimate of drug-likeness (QED) is 0.700. The molecule has 1 aliphatic heterocycles. The van der Waals surface area contributed by atoms with Gasteiger partial charge in [0.15, 0.2) is 0 Å². The number of benzene rings is 1. The lowest BCUT2D eigenvalue weighted by atomic mass is 10.1. The summed E-state index contributed by atoms with van der Waals surface area (Å²) in [5.41, 5.74) is 2.38. The van der Waals surface area contributed by atoms with Crippen molar-refractivity contribution >= 4 is 23.1 Å². The number of aromatic nitrogens is 2. The molecule has 144 valence electrons. The van der Waals surface area contributed by atoms with Gasteiger partial charge in [-0.15, -0.1) is 0 Å². The molecule has 2 N–H and O–H groups in total. The molecule has 5 nitrogen and oxygen atoms in total. The maximum Gasteiger partial charge on any atom is 0.224 e. The minimum Gasteiger partial charge on any atom is -0.372 e. The number of nitrogens with zero attached hydrogens (tertiary/aromatic N) is 3. The summed E-state index contributed by atoms with van der Waals surface area (Å²) in [6, 6.07) is 11.1. The second-order valence-corrected chi connectivity index (χ2v) is 7.82. The minimum atomic E-state index is 0.506. The zero-order valence-corrected chi connectivity index (χ0v) is 16.2. The van der Waals surface area contributed by atoms with E-state index in [-0.39, 0.29) is 0 Å². The Morgan fingerprint density at radius 3 is 2.26 bits per heavy atom. The second kappa shape index (κ2) is 9.07. The standard InChI is InChI=1S/C22H31N5/c1-2-5-9-18(8-4-1)25-22-23-15-14-21(26-22)24-19-10-12-20(13-11-19)27-16-6-3-7-17-27/h10-15,18H,1-9,16-17H2,(H2,23,24,25,26). The highest BCUT2D eigenvalue weighted by atomic mass is 15.2. The summed E-state index contributed by atoms with van der Waals surface area (Å²) in [5, 5.41) is 6.94. The lowest BCUT2D eigenvalue weighted by molar-refractivity contribution is 0.578. The summed E-state index contributed by atoms with van der Waals surface area (Å²) in [7, 11) is 0. The van der Waals surface area contributed by atoms with E-state index in [2.05, 4.69) is 49.8 Å². The van der Waals surface area contributed by atoms with Crippen molar-refractivity contribution in [2.75, 3.05) is 28.6 Å². The molecular weight excluding hydrogens is 334 g/mol. The van der Waals surface area contributed by atoms with Gasteiger partial charge in [-0.2, -0.15) is 4.98 Å². The highest BCUT2D eigenvalue weighted by molar-refractivity contribution is 5.61. The third-order valence-corrected chi connectivity index (χ3v) is 5.70. The van der Waals surface area contributed by atoms with E-state index in [1.54, 1.807) is 0 Å². The normalized spacial score (nSPS) is 18.7. The highest BCUT2D eigenvalue weighted by Gasteiger charge is 2.13. The average Bonchev–Trinajstić information content (AvgIpc) is 2.98. The van der Waals surface area contributed by atoms with Gasteiger partial charge in [0.05, 0.1) is 0 Å². The Hall–Kier alpha value is -2.30. The van der Waals surface area contributed by atoms with Gasteiger partial charge in [0.2, 0.25) is 5.95 Å². The first-order valence-corrected chi connectivity index (χ1v) is 10.6. The van der Waals surface area contributed by atoms with Crippen molar-refractivity contribution in [1.29, 1.82) is 0 Å². The van der Waals surface area contributed by atoms with E-state index in [0.29, 0.717) is 6.04 Å². The van der Waals surface area contributed by atoms with Crippen LogP contribution in [0.2, 0.25) is 0 Å². The molecule has 0 spiro atoms. The summed E-state index contributed by atoms with van der Waals surface area (Å²) >= 11 is 0. The van der Waals surface area contributed by atoms with Crippen molar-refractivity contribution in [3.8, 4) is 0 Å². The average molecular weight is 366 g/mol. The molecule has 1 aliphatic carbocycles. The first-order valence-electron chi connectivity index (χ1n) is 10.6. The number of rotatable bonds is 5. The maximum atomic E-state index is 4.66. The Morgan fingerprint density at radius 2 is 1.52 bits per heavy atom. The monoisotopic (exact) mass is 365 g/mol. The Kier molecular flexibility index (Phi) is 6.07. The zero-order chi connectivity index (χ0) is 18.3. The van der Waals surface area contributed by atoms with Gasteiger partial charge in [-0.25, -0.2) is 4.98 Å². The molecule has 0 bridgehead atoms. The van der Waals surface area contributed by atoms with Crippen LogP contribution in [0.5, 0.6) is 0 Å². The molecule has 2 aromatic rings. The molecule has 1 saturated carbocycles. The molecule has 1 aromatic heterocycles. The van der Waals surface area contributed by atoms with E-state index in [1.807, 2.05) is 12.3 Å². The van der Waals surface area contributed by atoms with Crippen molar-refractivity contribution in [2.45, 2.75) is 63.8 Å². The van der Waals surface area contributed by atoms with Crippen LogP contribution in [0.15, 0.2) is 36.5 Å². The summed E-state index contributed by atoms with van der Waals surface area (Å²) in [5.74, 6) is 1.57. The topological polar surface area (TPSA) is 53.1 Å². The van der Waals surface area contributed by atoms with Crippen molar-refractivity contribution < 1.29 is 0 Å². The number of piperidine rings is 1. The largest absolute Gasteiger partial charge is 0.372 e. The highest BCUT2D eigenvalue weighted by Crippen LogP contribution is 2.24. The van der Waals surface area contributed by atoms with Gasteiger partial charge < -0.3 is 15.5 Å². The summed E-state index contributed by atoms with van der Waals surface area (Å²) < 4.78 is 0. The second-order valence-electron chi connectivity index (χ2n) is 7.82. The number of hydrogen-bond acceptors (Lipinski definition) is 5. The predicted octanol–water partition coefficient (Wildman–Crippen LogP) is 5.35. The van der Waals surface area contributed by atoms with Crippen LogP contribution in [0.4, 0.5) is 23.1 Å². The van der Waals surface area contributed by atoms with Crippen LogP contribution in [0, 0.1) is 0 Å². The fourth-order valence-corrected chi connectivity index (χ4v) is 4.16. The molecule has 4 rings (SSSR count). The smallest absolute Gasteiger partial charge is 0.224 e. The van der Waals surface area contributed by atoms with E-state index in [9.17, 15) is 0 Å². The number of nitrogens with one attached hydrogen (secondary N) is 2. The molecule has 1 aromatic carbocycles. The first-order chi connectivity index (χ1) is 13.4. The summed E-state index contributed by atoms with van der Waals surface area (Å²) in [6.45, 7) is 2.35. The first kappa shape index (κ1) is 18.1. The van der Waals surface area contributed by atoms with E-state index < -0.39 is 0 Å². The van der Waals surface area contributed by atoms with Crippen LogP contribution < -0.4 is 15.5 Å². The van der Waals surface area contributed by atoms with Crippen LogP contribution in [0.1, 0.15) is 57.8 Å². The lowest BCUT2D eigenvalue weighted by Crippen LogP contribution is -2.29. The summed E-state index contributed by atoms with van der Waals surface area (Å²) in [4.78, 5) is 11.6. The van der Waals surface area contributed by atoms with Gasteiger partial charge in [0.1, 0.15) is 5.82 Å². The molecule has 0 amide bonds. The molecule has 0 radical (unpaired) electrons. The summed E-state index contributed by atoms with van der Waals surface area (Å²) in [6.07, 6.45) is 13.6. The van der Waals surface area contributed by atoms with Crippen molar-refractivity contribution in [3.63, 3.8) is 0 Å². The Balaban J connectivity index is 1.37. The fraction of sp³-hybridized carbons (Fsp3) is 0.545. The molecule has 0 unspecified atom stereocenters. The van der Waals surface area contributed by atoms with E-state index in [4.69, 9.17) is 0 Å². The Labute approximate surface area is 162 Å². The van der Waals surface area contributed by atoms with Crippen LogP contribution in [0.25, 0.3) is 0 Å². The molecule has 27 heavy (non-hydrogen) atoms. The van der Waals surface area contributed by atoms with Gasteiger partial charge >= 0.3 is 0 Å². The molecule has 2 aliphatic rings. The van der Waals surface area contributed by atoms with Crippen molar-refractivity contribution in [3.05, 3.63) is 36.5 Å². The van der Waals surface area contributed by atoms with Crippen molar-refractivity contribution in [2.24, 2.45) is 0 Å². The van der Waals surface area contributed by atoms with Gasteiger partial charge in [-0.1, -0.05) is 25.7 Å². The van der Waals surface area contributed by atoms with Crippen molar-refractivity contribution in [1.82, 2.24) is 9.97 Å². The maximum absolute atomic E-state index is 4.66. The van der Waals surface area contributed by atoms with Gasteiger partial charge in [-0.05, 0) is 62.4 Å². The van der Waals surface area contributed by atoms with E-state index in [0.717, 1.165) is 17.5 Å². The SMILES string of the molecule is c1cc(Nc2ccc(N3CCCCC3)cc2)nc(NC2CCCCCC2)n1. The fourth-order valence-electron chi connectivity index (χ4n) is 4.16. The van der Waals surface area contributed by atoms with Crippen LogP contribution in [-0.2, 0) is 0 Å². The van der Waals surface area contributed by atoms with Gasteiger partial charge in [0, 0.05) is 36.7 Å². The third-order valence-electron chi connectivity index (χ3n) is 5.70. The molecule has 1 saturated heterocycles. The number of anilines is 4. The molecule has 0 atom stereocenters. The van der Waals surface area contributed by atoms with Crippen LogP contribution >= 0.6 is 0 Å². The van der Waals surface area contributed by atoms with E-state index in [1.165, 1.54) is 76.6 Å². The Morgan fingerprint density at radius 1 is 0.815 bits per heavy atom. The predicted molar refractivity (Wildman–Crippen MR) is 113 cm³/mol. The third kappa shape index (κ3) is 5.12.